The Morgan fingerprint density at radius 3 is 2.33 bits per heavy atom. The molecule has 1 amide bonds. The molecule has 164 valence electrons. The van der Waals surface area contributed by atoms with Gasteiger partial charge in [-0.25, -0.2) is 4.98 Å². The summed E-state index contributed by atoms with van der Waals surface area (Å²) in [5.41, 5.74) is 2.83. The number of methoxy groups -OCH3 is 1. The number of aromatic nitrogens is 1. The lowest BCUT2D eigenvalue weighted by Crippen LogP contribution is -2.47. The molecule has 8 heteroatoms. The Balaban J connectivity index is 0.00000320. The van der Waals surface area contributed by atoms with Crippen molar-refractivity contribution in [3.05, 3.63) is 42.1 Å². The van der Waals surface area contributed by atoms with Gasteiger partial charge in [-0.1, -0.05) is 19.1 Å². The zero-order chi connectivity index (χ0) is 20.8. The lowest BCUT2D eigenvalue weighted by Gasteiger charge is -2.38. The number of halogens is 1. The number of carbonyl (C=O) groups excluding carboxylic acids is 1. The number of carbonyl (C=O) groups is 1. The van der Waals surface area contributed by atoms with E-state index in [0.717, 1.165) is 66.1 Å². The van der Waals surface area contributed by atoms with Gasteiger partial charge in [-0.15, -0.1) is 24.2 Å². The molecule has 1 fully saturated rings. The average molecular weight is 451 g/mol. The molecule has 3 rings (SSSR count). The summed E-state index contributed by atoms with van der Waals surface area (Å²) in [6.07, 6.45) is 2.87. The number of benzene rings is 1. The molecule has 0 bridgehead atoms. The van der Waals surface area contributed by atoms with E-state index in [1.54, 1.807) is 37.9 Å². The number of rotatable bonds is 7. The summed E-state index contributed by atoms with van der Waals surface area (Å²) in [6.45, 7) is 5.56. The van der Waals surface area contributed by atoms with E-state index in [9.17, 15) is 4.79 Å². The van der Waals surface area contributed by atoms with Gasteiger partial charge in [0.2, 0.25) is 0 Å². The zero-order valence-electron chi connectivity index (χ0n) is 18.1. The topological polar surface area (TPSA) is 48.9 Å². The van der Waals surface area contributed by atoms with Gasteiger partial charge >= 0.3 is 0 Å². The van der Waals surface area contributed by atoms with E-state index in [4.69, 9.17) is 4.74 Å². The molecule has 1 aromatic carbocycles. The summed E-state index contributed by atoms with van der Waals surface area (Å²) < 4.78 is 5.52. The number of thioether (sulfide) groups is 1. The predicted octanol–water partition coefficient (Wildman–Crippen LogP) is 4.04. The van der Waals surface area contributed by atoms with Crippen LogP contribution in [0.2, 0.25) is 0 Å². The summed E-state index contributed by atoms with van der Waals surface area (Å²) in [5, 5.41) is 0.829. The maximum absolute atomic E-state index is 13.0. The Morgan fingerprint density at radius 1 is 1.10 bits per heavy atom. The lowest BCUT2D eigenvalue weighted by molar-refractivity contribution is 0.0824. The minimum Gasteiger partial charge on any atom is -0.495 e. The van der Waals surface area contributed by atoms with Gasteiger partial charge in [-0.05, 0) is 30.4 Å². The molecule has 2 heterocycles. The van der Waals surface area contributed by atoms with Crippen molar-refractivity contribution >= 4 is 41.5 Å². The van der Waals surface area contributed by atoms with Crippen molar-refractivity contribution in [3.63, 3.8) is 0 Å². The number of pyridine rings is 1. The first-order chi connectivity index (χ1) is 14.1. The van der Waals surface area contributed by atoms with Crippen LogP contribution in [0.25, 0.3) is 0 Å². The van der Waals surface area contributed by atoms with Crippen LogP contribution >= 0.6 is 24.2 Å². The van der Waals surface area contributed by atoms with E-state index in [0.29, 0.717) is 0 Å². The van der Waals surface area contributed by atoms with Gasteiger partial charge in [0.25, 0.3) is 5.91 Å². The highest BCUT2D eigenvalue weighted by molar-refractivity contribution is 7.99. The van der Waals surface area contributed by atoms with Gasteiger partial charge in [-0.2, -0.15) is 0 Å². The third kappa shape index (κ3) is 5.32. The number of nitrogens with zero attached hydrogens (tertiary/aromatic N) is 4. The van der Waals surface area contributed by atoms with Crippen LogP contribution in [0, 0.1) is 0 Å². The standard InChI is InChI=1S/C22H30N4O2S.ClH/c1-5-16-29-21-20(22(27)24(2)3)18(10-11-23-21)26-14-12-25(13-15-26)17-8-6-7-9-19(17)28-4;/h6-11H,5,12-16H2,1-4H3;1H. The van der Waals surface area contributed by atoms with Gasteiger partial charge in [0.1, 0.15) is 10.8 Å². The van der Waals surface area contributed by atoms with Crippen LogP contribution in [0.3, 0.4) is 0 Å². The molecule has 1 aromatic heterocycles. The number of anilines is 2. The first kappa shape index (κ1) is 24.2. The van der Waals surface area contributed by atoms with E-state index in [2.05, 4.69) is 27.8 Å². The van der Waals surface area contributed by atoms with Crippen molar-refractivity contribution in [1.29, 1.82) is 0 Å². The molecule has 0 aliphatic carbocycles. The third-order valence-electron chi connectivity index (χ3n) is 5.00. The molecule has 6 nitrogen and oxygen atoms in total. The molecular formula is C22H31ClN4O2S. The van der Waals surface area contributed by atoms with Crippen molar-refractivity contribution < 1.29 is 9.53 Å². The van der Waals surface area contributed by atoms with E-state index in [1.165, 1.54) is 0 Å². The van der Waals surface area contributed by atoms with Crippen LogP contribution in [0.1, 0.15) is 23.7 Å². The van der Waals surface area contributed by atoms with Gasteiger partial charge in [-0.3, -0.25) is 4.79 Å². The number of ether oxygens (including phenoxy) is 1. The van der Waals surface area contributed by atoms with Gasteiger partial charge in [0.05, 0.1) is 24.0 Å². The Labute approximate surface area is 190 Å². The van der Waals surface area contributed by atoms with E-state index < -0.39 is 0 Å². The highest BCUT2D eigenvalue weighted by atomic mass is 35.5. The van der Waals surface area contributed by atoms with Crippen molar-refractivity contribution in [2.75, 3.05) is 62.9 Å². The van der Waals surface area contributed by atoms with Gasteiger partial charge < -0.3 is 19.4 Å². The maximum atomic E-state index is 13.0. The summed E-state index contributed by atoms with van der Waals surface area (Å²) in [7, 11) is 5.31. The van der Waals surface area contributed by atoms with Gasteiger partial charge in [0, 0.05) is 46.5 Å². The molecule has 2 aromatic rings. The first-order valence-electron chi connectivity index (χ1n) is 10.0. The molecule has 0 unspecified atom stereocenters. The van der Waals surface area contributed by atoms with Crippen molar-refractivity contribution in [2.45, 2.75) is 18.4 Å². The second-order valence-corrected chi connectivity index (χ2v) is 8.29. The maximum Gasteiger partial charge on any atom is 0.258 e. The highest BCUT2D eigenvalue weighted by Gasteiger charge is 2.26. The third-order valence-corrected chi connectivity index (χ3v) is 6.20. The molecule has 0 radical (unpaired) electrons. The Hall–Kier alpha value is -2.12. The number of para-hydroxylation sites is 2. The number of hydrogen-bond donors (Lipinski definition) is 0. The molecule has 1 aliphatic rings. The molecule has 0 spiro atoms. The largest absolute Gasteiger partial charge is 0.495 e. The van der Waals surface area contributed by atoms with Gasteiger partial charge in [0.15, 0.2) is 0 Å². The fourth-order valence-electron chi connectivity index (χ4n) is 3.51. The summed E-state index contributed by atoms with van der Waals surface area (Å²) in [4.78, 5) is 23.8. The van der Waals surface area contributed by atoms with Crippen molar-refractivity contribution in [2.24, 2.45) is 0 Å². The lowest BCUT2D eigenvalue weighted by atomic mass is 10.1. The predicted molar refractivity (Wildman–Crippen MR) is 128 cm³/mol. The summed E-state index contributed by atoms with van der Waals surface area (Å²) in [6, 6.07) is 10.1. The van der Waals surface area contributed by atoms with E-state index in [-0.39, 0.29) is 18.3 Å². The van der Waals surface area contributed by atoms with Crippen LogP contribution < -0.4 is 14.5 Å². The van der Waals surface area contributed by atoms with Crippen LogP contribution in [0.4, 0.5) is 11.4 Å². The minimum atomic E-state index is 0. The van der Waals surface area contributed by atoms with Crippen LogP contribution in [-0.4, -0.2) is 68.9 Å². The van der Waals surface area contributed by atoms with Crippen molar-refractivity contribution in [3.8, 4) is 5.75 Å². The summed E-state index contributed by atoms with van der Waals surface area (Å²) >= 11 is 1.66. The van der Waals surface area contributed by atoms with Crippen LogP contribution in [0.5, 0.6) is 5.75 Å². The Bertz CT molecular complexity index is 842. The van der Waals surface area contributed by atoms with Crippen molar-refractivity contribution in [1.82, 2.24) is 9.88 Å². The smallest absolute Gasteiger partial charge is 0.258 e. The molecule has 1 saturated heterocycles. The zero-order valence-corrected chi connectivity index (χ0v) is 19.8. The van der Waals surface area contributed by atoms with E-state index >= 15 is 0 Å². The fourth-order valence-corrected chi connectivity index (χ4v) is 4.38. The number of piperazine rings is 1. The second kappa shape index (κ2) is 11.3. The molecule has 0 saturated carbocycles. The molecule has 0 atom stereocenters. The average Bonchev–Trinajstić information content (AvgIpc) is 2.76. The highest BCUT2D eigenvalue weighted by Crippen LogP contribution is 2.33. The second-order valence-electron chi connectivity index (χ2n) is 7.20. The molecule has 0 N–H and O–H groups in total. The van der Waals surface area contributed by atoms with E-state index in [1.807, 2.05) is 30.5 Å². The first-order valence-corrected chi connectivity index (χ1v) is 11.0. The normalized spacial score (nSPS) is 13.6. The van der Waals surface area contributed by atoms with Crippen LogP contribution in [0.15, 0.2) is 41.6 Å². The number of amides is 1. The molecule has 30 heavy (non-hydrogen) atoms. The Kier molecular flexibility index (Phi) is 9.11. The SMILES string of the molecule is CCCSc1nccc(N2CCN(c3ccccc3OC)CC2)c1C(=O)N(C)C.Cl. The Morgan fingerprint density at radius 2 is 1.73 bits per heavy atom. The summed E-state index contributed by atoms with van der Waals surface area (Å²) in [5.74, 6) is 1.86. The quantitative estimate of drug-likeness (QED) is 0.593. The number of hydrogen-bond acceptors (Lipinski definition) is 6. The monoisotopic (exact) mass is 450 g/mol. The minimum absolute atomic E-state index is 0. The molecular weight excluding hydrogens is 420 g/mol. The molecule has 1 aliphatic heterocycles. The van der Waals surface area contributed by atoms with Crippen LogP contribution in [-0.2, 0) is 0 Å². The fraction of sp³-hybridized carbons (Fsp3) is 0.455.